The lowest BCUT2D eigenvalue weighted by Crippen LogP contribution is -2.26. The first kappa shape index (κ1) is 15.2. The second kappa shape index (κ2) is 6.16. The number of fused-ring (bicyclic) bond motifs is 1. The van der Waals surface area contributed by atoms with E-state index in [4.69, 9.17) is 4.42 Å². The lowest BCUT2D eigenvalue weighted by atomic mass is 10.1. The van der Waals surface area contributed by atoms with E-state index < -0.39 is 0 Å². The van der Waals surface area contributed by atoms with Crippen LogP contribution in [0.1, 0.15) is 29.1 Å². The molecule has 3 aromatic rings. The molecule has 1 heterocycles. The van der Waals surface area contributed by atoms with Crippen LogP contribution in [0.3, 0.4) is 0 Å². The molecule has 0 fully saturated rings. The number of amides is 1. The highest BCUT2D eigenvalue weighted by Crippen LogP contribution is 2.24. The van der Waals surface area contributed by atoms with Crippen LogP contribution in [0.25, 0.3) is 11.0 Å². The SMILES string of the molecule is C[C@@H](NC(=O)c1ccc(N(C)C)cc1)c1cc2ccccc2o1. The molecule has 3 rings (SSSR count). The van der Waals surface area contributed by atoms with Crippen LogP contribution in [0.15, 0.2) is 59.0 Å². The Labute approximate surface area is 135 Å². The fourth-order valence-corrected chi connectivity index (χ4v) is 2.48. The number of nitrogens with zero attached hydrogens (tertiary/aromatic N) is 1. The lowest BCUT2D eigenvalue weighted by molar-refractivity contribution is 0.0935. The van der Waals surface area contributed by atoms with Crippen molar-refractivity contribution in [1.29, 1.82) is 0 Å². The topological polar surface area (TPSA) is 45.5 Å². The number of para-hydroxylation sites is 1. The third-order valence-electron chi connectivity index (χ3n) is 3.86. The predicted molar refractivity (Wildman–Crippen MR) is 92.9 cm³/mol. The summed E-state index contributed by atoms with van der Waals surface area (Å²) in [5.74, 6) is 0.646. The first-order valence-corrected chi connectivity index (χ1v) is 7.61. The zero-order valence-corrected chi connectivity index (χ0v) is 13.5. The van der Waals surface area contributed by atoms with Crippen LogP contribution in [0.5, 0.6) is 0 Å². The van der Waals surface area contributed by atoms with Gasteiger partial charge in [0.25, 0.3) is 5.91 Å². The smallest absolute Gasteiger partial charge is 0.251 e. The molecule has 0 aliphatic heterocycles. The van der Waals surface area contributed by atoms with Gasteiger partial charge >= 0.3 is 0 Å². The molecular formula is C19H20N2O2. The number of anilines is 1. The minimum atomic E-state index is -0.191. The fraction of sp³-hybridized carbons (Fsp3) is 0.211. The average molecular weight is 308 g/mol. The molecule has 1 aromatic heterocycles. The summed E-state index contributed by atoms with van der Waals surface area (Å²) in [6.07, 6.45) is 0. The van der Waals surface area contributed by atoms with E-state index in [0.29, 0.717) is 5.56 Å². The molecule has 1 N–H and O–H groups in total. The van der Waals surface area contributed by atoms with Crippen LogP contribution in [-0.4, -0.2) is 20.0 Å². The van der Waals surface area contributed by atoms with E-state index in [-0.39, 0.29) is 11.9 Å². The molecular weight excluding hydrogens is 288 g/mol. The Balaban J connectivity index is 1.73. The van der Waals surface area contributed by atoms with E-state index in [2.05, 4.69) is 5.32 Å². The molecule has 0 aliphatic rings. The van der Waals surface area contributed by atoms with Crippen molar-refractivity contribution in [3.63, 3.8) is 0 Å². The monoisotopic (exact) mass is 308 g/mol. The summed E-state index contributed by atoms with van der Waals surface area (Å²) in [5, 5.41) is 4.02. The minimum Gasteiger partial charge on any atom is -0.459 e. The number of nitrogens with one attached hydrogen (secondary N) is 1. The summed E-state index contributed by atoms with van der Waals surface area (Å²) < 4.78 is 5.80. The van der Waals surface area contributed by atoms with Crippen molar-refractivity contribution >= 4 is 22.6 Å². The normalized spacial score (nSPS) is 12.1. The fourth-order valence-electron chi connectivity index (χ4n) is 2.48. The molecule has 0 radical (unpaired) electrons. The molecule has 118 valence electrons. The van der Waals surface area contributed by atoms with E-state index in [1.807, 2.05) is 80.5 Å². The van der Waals surface area contributed by atoms with Gasteiger partial charge in [0.1, 0.15) is 11.3 Å². The van der Waals surface area contributed by atoms with E-state index >= 15 is 0 Å². The maximum Gasteiger partial charge on any atom is 0.251 e. The molecule has 2 aromatic carbocycles. The van der Waals surface area contributed by atoms with Crippen molar-refractivity contribution in [3.8, 4) is 0 Å². The molecule has 23 heavy (non-hydrogen) atoms. The maximum absolute atomic E-state index is 12.4. The standard InChI is InChI=1S/C19H20N2O2/c1-13(18-12-15-6-4-5-7-17(15)23-18)20-19(22)14-8-10-16(11-9-14)21(2)3/h4-13H,1-3H3,(H,20,22)/t13-/m1/s1. The number of furan rings is 1. The Morgan fingerprint density at radius 3 is 2.43 bits per heavy atom. The molecule has 1 atom stereocenters. The Bertz CT molecular complexity index is 786. The summed E-state index contributed by atoms with van der Waals surface area (Å²) in [7, 11) is 3.94. The zero-order chi connectivity index (χ0) is 16.4. The number of hydrogen-bond acceptors (Lipinski definition) is 3. The van der Waals surface area contributed by atoms with Crippen molar-refractivity contribution in [2.75, 3.05) is 19.0 Å². The van der Waals surface area contributed by atoms with Crippen molar-refractivity contribution in [2.24, 2.45) is 0 Å². The van der Waals surface area contributed by atoms with Crippen molar-refractivity contribution < 1.29 is 9.21 Å². The van der Waals surface area contributed by atoms with Gasteiger partial charge in [-0.25, -0.2) is 0 Å². The van der Waals surface area contributed by atoms with Gasteiger partial charge in [-0.3, -0.25) is 4.79 Å². The van der Waals surface area contributed by atoms with Crippen LogP contribution >= 0.6 is 0 Å². The Kier molecular flexibility index (Phi) is 4.06. The van der Waals surface area contributed by atoms with Crippen LogP contribution in [0, 0.1) is 0 Å². The van der Waals surface area contributed by atoms with Gasteiger partial charge in [-0.2, -0.15) is 0 Å². The minimum absolute atomic E-state index is 0.108. The summed E-state index contributed by atoms with van der Waals surface area (Å²) in [6, 6.07) is 17.1. The van der Waals surface area contributed by atoms with Gasteiger partial charge in [-0.05, 0) is 43.3 Å². The third kappa shape index (κ3) is 3.21. The van der Waals surface area contributed by atoms with Gasteiger partial charge in [-0.15, -0.1) is 0 Å². The van der Waals surface area contributed by atoms with Crippen LogP contribution < -0.4 is 10.2 Å². The van der Waals surface area contributed by atoms with Crippen molar-refractivity contribution in [3.05, 3.63) is 65.9 Å². The number of carbonyl (C=O) groups excluding carboxylic acids is 1. The summed E-state index contributed by atoms with van der Waals surface area (Å²) in [6.45, 7) is 1.92. The Hall–Kier alpha value is -2.75. The number of rotatable bonds is 4. The van der Waals surface area contributed by atoms with Crippen LogP contribution in [-0.2, 0) is 0 Å². The van der Waals surface area contributed by atoms with Gasteiger partial charge in [0.05, 0.1) is 6.04 Å². The van der Waals surface area contributed by atoms with E-state index in [1.54, 1.807) is 0 Å². The summed E-state index contributed by atoms with van der Waals surface area (Å²) in [4.78, 5) is 14.4. The molecule has 4 nitrogen and oxygen atoms in total. The van der Waals surface area contributed by atoms with Gasteiger partial charge in [0.15, 0.2) is 0 Å². The summed E-state index contributed by atoms with van der Waals surface area (Å²) in [5.41, 5.74) is 2.53. The van der Waals surface area contributed by atoms with Gasteiger partial charge in [0.2, 0.25) is 0 Å². The highest BCUT2D eigenvalue weighted by atomic mass is 16.3. The lowest BCUT2D eigenvalue weighted by Gasteiger charge is -2.14. The van der Waals surface area contributed by atoms with Crippen LogP contribution in [0.2, 0.25) is 0 Å². The number of carbonyl (C=O) groups is 1. The molecule has 0 spiro atoms. The van der Waals surface area contributed by atoms with Crippen LogP contribution in [0.4, 0.5) is 5.69 Å². The molecule has 1 amide bonds. The van der Waals surface area contributed by atoms with E-state index in [9.17, 15) is 4.79 Å². The summed E-state index contributed by atoms with van der Waals surface area (Å²) >= 11 is 0. The molecule has 0 saturated carbocycles. The number of hydrogen-bond donors (Lipinski definition) is 1. The first-order valence-electron chi connectivity index (χ1n) is 7.61. The van der Waals surface area contributed by atoms with Crippen molar-refractivity contribution in [2.45, 2.75) is 13.0 Å². The van der Waals surface area contributed by atoms with Gasteiger partial charge < -0.3 is 14.6 Å². The Morgan fingerprint density at radius 2 is 1.78 bits per heavy atom. The van der Waals surface area contributed by atoms with Gasteiger partial charge in [0, 0.05) is 30.7 Å². The maximum atomic E-state index is 12.4. The van der Waals surface area contributed by atoms with E-state index in [0.717, 1.165) is 22.4 Å². The molecule has 0 unspecified atom stereocenters. The quantitative estimate of drug-likeness (QED) is 0.792. The highest BCUT2D eigenvalue weighted by molar-refractivity contribution is 5.94. The van der Waals surface area contributed by atoms with E-state index in [1.165, 1.54) is 0 Å². The Morgan fingerprint density at radius 1 is 1.09 bits per heavy atom. The highest BCUT2D eigenvalue weighted by Gasteiger charge is 2.15. The molecule has 0 aliphatic carbocycles. The largest absolute Gasteiger partial charge is 0.459 e. The molecule has 0 saturated heterocycles. The number of benzene rings is 2. The van der Waals surface area contributed by atoms with Crippen molar-refractivity contribution in [1.82, 2.24) is 5.32 Å². The molecule has 4 heteroatoms. The average Bonchev–Trinajstić information content (AvgIpc) is 2.99. The second-order valence-corrected chi connectivity index (χ2v) is 5.82. The molecule has 0 bridgehead atoms. The predicted octanol–water partition coefficient (Wildman–Crippen LogP) is 3.99. The second-order valence-electron chi connectivity index (χ2n) is 5.82. The first-order chi connectivity index (χ1) is 11.0. The third-order valence-corrected chi connectivity index (χ3v) is 3.86. The zero-order valence-electron chi connectivity index (χ0n) is 13.5. The van der Waals surface area contributed by atoms with Gasteiger partial charge in [-0.1, -0.05) is 18.2 Å².